The molecule has 444 valence electrons. The zero-order valence-electron chi connectivity index (χ0n) is 50.8. The molecule has 0 aromatic rings. The van der Waals surface area contributed by atoms with Crippen molar-refractivity contribution in [1.29, 1.82) is 0 Å². The Kier molecular flexibility index (Phi) is 56.8. The lowest BCUT2D eigenvalue weighted by Gasteiger charge is -2.30. The first-order chi connectivity index (χ1) is 36.0. The van der Waals surface area contributed by atoms with E-state index in [-0.39, 0.29) is 19.1 Å². The van der Waals surface area contributed by atoms with Crippen LogP contribution in [0.4, 0.5) is 0 Å². The second-order valence-corrected chi connectivity index (χ2v) is 26.0. The van der Waals surface area contributed by atoms with E-state index in [1.165, 1.54) is 295 Å². The quantitative estimate of drug-likeness (QED) is 0.0357. The van der Waals surface area contributed by atoms with Crippen LogP contribution in [0.25, 0.3) is 0 Å². The fourth-order valence-electron chi connectivity index (χ4n) is 10.6. The SMILES string of the molecule is CCCCCCCCCCCCCCCCCCCCCCCCCCCCCC(O)C(COP(=O)([O-])OCC[N+](C)(C)C)NC(=O)CCCCCCCCCCCCCCCCCCCCCCCCCCC. The Morgan fingerprint density at radius 2 is 0.662 bits per heavy atom. The first-order valence-corrected chi connectivity index (χ1v) is 34.8. The van der Waals surface area contributed by atoms with Crippen LogP contribution in [0.1, 0.15) is 361 Å². The molecule has 0 radical (unpaired) electrons. The molecule has 0 saturated carbocycles. The van der Waals surface area contributed by atoms with Crippen molar-refractivity contribution in [3.63, 3.8) is 0 Å². The molecule has 0 aromatic heterocycles. The van der Waals surface area contributed by atoms with E-state index < -0.39 is 20.0 Å². The summed E-state index contributed by atoms with van der Waals surface area (Å²) in [5.41, 5.74) is 0. The largest absolute Gasteiger partial charge is 0.756 e. The van der Waals surface area contributed by atoms with Crippen molar-refractivity contribution in [2.45, 2.75) is 373 Å². The van der Waals surface area contributed by atoms with Gasteiger partial charge in [0.05, 0.1) is 39.9 Å². The highest BCUT2D eigenvalue weighted by atomic mass is 31.2. The third-order valence-electron chi connectivity index (χ3n) is 15.8. The molecule has 0 rings (SSSR count). The summed E-state index contributed by atoms with van der Waals surface area (Å²) in [6.45, 7) is 4.80. The minimum atomic E-state index is -4.57. The molecule has 74 heavy (non-hydrogen) atoms. The number of quaternary nitrogens is 1. The molecule has 0 heterocycles. The van der Waals surface area contributed by atoms with Crippen LogP contribution < -0.4 is 10.2 Å². The Balaban J connectivity index is 4.02. The van der Waals surface area contributed by atoms with Crippen molar-refractivity contribution in [2.24, 2.45) is 0 Å². The van der Waals surface area contributed by atoms with Crippen LogP contribution in [-0.2, 0) is 18.4 Å². The molecule has 0 spiro atoms. The summed E-state index contributed by atoms with van der Waals surface area (Å²) in [6, 6.07) is -0.796. The molecule has 1 amide bonds. The topological polar surface area (TPSA) is 108 Å². The molecule has 3 unspecified atom stereocenters. The molecule has 8 nitrogen and oxygen atoms in total. The molecule has 0 saturated heterocycles. The maximum Gasteiger partial charge on any atom is 0.268 e. The number of hydrogen-bond donors (Lipinski definition) is 2. The number of rotatable bonds is 63. The smallest absolute Gasteiger partial charge is 0.268 e. The lowest BCUT2D eigenvalue weighted by atomic mass is 10.0. The highest BCUT2D eigenvalue weighted by molar-refractivity contribution is 7.45. The number of nitrogens with one attached hydrogen (secondary N) is 1. The molecule has 0 aliphatic rings. The number of unbranched alkanes of at least 4 members (excludes halogenated alkanes) is 50. The standard InChI is InChI=1S/C65H133N2O6P/c1-6-8-10-12-14-16-18-20-22-24-26-28-30-32-33-35-36-38-40-42-44-46-48-50-52-54-56-58-64(68)63(62-73-74(70,71)72-61-60-67(3,4)5)66-65(69)59-57-55-53-51-49-47-45-43-41-39-37-34-31-29-27-25-23-21-19-17-15-13-11-9-7-2/h63-64,68H,6-62H2,1-5H3,(H-,66,69,70,71). The number of phosphoric ester groups is 1. The Labute approximate surface area is 463 Å². The van der Waals surface area contributed by atoms with E-state index in [4.69, 9.17) is 9.05 Å². The van der Waals surface area contributed by atoms with Gasteiger partial charge in [-0.1, -0.05) is 341 Å². The van der Waals surface area contributed by atoms with Gasteiger partial charge in [-0.2, -0.15) is 0 Å². The number of aliphatic hydroxyl groups excluding tert-OH is 1. The maximum absolute atomic E-state index is 13.0. The number of phosphoric acid groups is 1. The predicted molar refractivity (Wildman–Crippen MR) is 321 cm³/mol. The highest BCUT2D eigenvalue weighted by Gasteiger charge is 2.24. The number of nitrogens with zero attached hydrogens (tertiary/aromatic N) is 1. The van der Waals surface area contributed by atoms with Crippen LogP contribution in [-0.4, -0.2) is 68.5 Å². The molecule has 2 N–H and O–H groups in total. The van der Waals surface area contributed by atoms with Gasteiger partial charge < -0.3 is 28.8 Å². The van der Waals surface area contributed by atoms with Gasteiger partial charge >= 0.3 is 0 Å². The molecule has 0 aliphatic carbocycles. The molecule has 9 heteroatoms. The Morgan fingerprint density at radius 3 is 0.919 bits per heavy atom. The van der Waals surface area contributed by atoms with Gasteiger partial charge in [0.2, 0.25) is 5.91 Å². The van der Waals surface area contributed by atoms with Gasteiger partial charge in [-0.3, -0.25) is 9.36 Å². The lowest BCUT2D eigenvalue weighted by Crippen LogP contribution is -2.46. The lowest BCUT2D eigenvalue weighted by molar-refractivity contribution is -0.870. The second-order valence-electron chi connectivity index (χ2n) is 24.5. The monoisotopic (exact) mass is 1070 g/mol. The summed E-state index contributed by atoms with van der Waals surface area (Å²) < 4.78 is 23.5. The highest BCUT2D eigenvalue weighted by Crippen LogP contribution is 2.38. The molecular formula is C65H133N2O6P. The fourth-order valence-corrected chi connectivity index (χ4v) is 11.4. The van der Waals surface area contributed by atoms with Gasteiger partial charge in [-0.25, -0.2) is 0 Å². The normalized spacial score (nSPS) is 13.7. The second kappa shape index (κ2) is 57.2. The van der Waals surface area contributed by atoms with Crippen molar-refractivity contribution < 1.29 is 32.9 Å². The molecule has 0 fully saturated rings. The van der Waals surface area contributed by atoms with Crippen LogP contribution in [0.15, 0.2) is 0 Å². The predicted octanol–water partition coefficient (Wildman–Crippen LogP) is 20.1. The summed E-state index contributed by atoms with van der Waals surface area (Å²) in [5.74, 6) is -0.154. The molecule has 3 atom stereocenters. The summed E-state index contributed by atoms with van der Waals surface area (Å²) in [7, 11) is 1.33. The van der Waals surface area contributed by atoms with E-state index in [1.54, 1.807) is 0 Å². The number of amides is 1. The molecule has 0 aliphatic heterocycles. The average Bonchev–Trinajstić information content (AvgIpc) is 3.36. The van der Waals surface area contributed by atoms with Gasteiger partial charge in [0, 0.05) is 6.42 Å². The van der Waals surface area contributed by atoms with Gasteiger partial charge in [-0.15, -0.1) is 0 Å². The summed E-state index contributed by atoms with van der Waals surface area (Å²) in [6.07, 6.45) is 70.2. The van der Waals surface area contributed by atoms with E-state index >= 15 is 0 Å². The van der Waals surface area contributed by atoms with E-state index in [1.807, 2.05) is 21.1 Å². The summed E-state index contributed by atoms with van der Waals surface area (Å²) >= 11 is 0. The molecule has 0 bridgehead atoms. The van der Waals surface area contributed by atoms with E-state index in [0.717, 1.165) is 38.5 Å². The zero-order valence-corrected chi connectivity index (χ0v) is 51.7. The first kappa shape index (κ1) is 73.5. The van der Waals surface area contributed by atoms with Crippen LogP contribution in [0.2, 0.25) is 0 Å². The fraction of sp³-hybridized carbons (Fsp3) is 0.985. The number of likely N-dealkylation sites (N-methyl/N-ethyl adjacent to an activating group) is 1. The van der Waals surface area contributed by atoms with Gasteiger partial charge in [0.15, 0.2) is 0 Å². The average molecular weight is 1070 g/mol. The van der Waals surface area contributed by atoms with E-state index in [2.05, 4.69) is 19.2 Å². The van der Waals surface area contributed by atoms with Crippen LogP contribution in [0.5, 0.6) is 0 Å². The first-order valence-electron chi connectivity index (χ1n) is 33.4. The summed E-state index contributed by atoms with van der Waals surface area (Å²) in [4.78, 5) is 25.6. The van der Waals surface area contributed by atoms with Gasteiger partial charge in [0.1, 0.15) is 13.2 Å². The van der Waals surface area contributed by atoms with Gasteiger partial charge in [0.25, 0.3) is 7.82 Å². The minimum absolute atomic E-state index is 0.0169. The number of aliphatic hydroxyl groups is 1. The van der Waals surface area contributed by atoms with Crippen molar-refractivity contribution in [2.75, 3.05) is 40.9 Å². The number of carbonyl (C=O) groups excluding carboxylic acids is 1. The van der Waals surface area contributed by atoms with Crippen molar-refractivity contribution in [3.8, 4) is 0 Å². The number of hydrogen-bond acceptors (Lipinski definition) is 6. The van der Waals surface area contributed by atoms with Crippen molar-refractivity contribution in [3.05, 3.63) is 0 Å². The third kappa shape index (κ3) is 59.2. The number of carbonyl (C=O) groups is 1. The van der Waals surface area contributed by atoms with Crippen LogP contribution >= 0.6 is 7.82 Å². The molecule has 0 aromatic carbocycles. The molecular weight excluding hydrogens is 936 g/mol. The Bertz CT molecular complexity index is 1170. The Hall–Kier alpha value is -0.500. The van der Waals surface area contributed by atoms with E-state index in [9.17, 15) is 19.4 Å². The third-order valence-corrected chi connectivity index (χ3v) is 16.8. The van der Waals surface area contributed by atoms with Crippen LogP contribution in [0, 0.1) is 0 Å². The van der Waals surface area contributed by atoms with Crippen molar-refractivity contribution in [1.82, 2.24) is 5.32 Å². The Morgan fingerprint density at radius 1 is 0.419 bits per heavy atom. The van der Waals surface area contributed by atoms with Crippen molar-refractivity contribution >= 4 is 13.7 Å². The van der Waals surface area contributed by atoms with Crippen LogP contribution in [0.3, 0.4) is 0 Å². The minimum Gasteiger partial charge on any atom is -0.756 e. The van der Waals surface area contributed by atoms with Gasteiger partial charge in [-0.05, 0) is 12.8 Å². The summed E-state index contributed by atoms with van der Waals surface area (Å²) in [5, 5.41) is 14.1. The maximum atomic E-state index is 13.0. The zero-order chi connectivity index (χ0) is 54.2. The van der Waals surface area contributed by atoms with E-state index in [0.29, 0.717) is 23.9 Å².